The molecule has 2 aromatic rings. The van der Waals surface area contributed by atoms with E-state index >= 15 is 0 Å². The van der Waals surface area contributed by atoms with Crippen LogP contribution in [-0.4, -0.2) is 40.1 Å². The zero-order chi connectivity index (χ0) is 15.0. The van der Waals surface area contributed by atoms with E-state index in [4.69, 9.17) is 0 Å². The van der Waals surface area contributed by atoms with Gasteiger partial charge in [0.15, 0.2) is 0 Å². The highest BCUT2D eigenvalue weighted by Crippen LogP contribution is 2.24. The molecular weight excluding hydrogens is 271 g/mol. The molecule has 0 saturated carbocycles. The summed E-state index contributed by atoms with van der Waals surface area (Å²) in [6, 6.07) is 4.58. The van der Waals surface area contributed by atoms with E-state index in [1.165, 1.54) is 12.1 Å². The second-order valence-corrected chi connectivity index (χ2v) is 5.71. The third kappa shape index (κ3) is 2.78. The lowest BCUT2D eigenvalue weighted by Crippen LogP contribution is -2.40. The Morgan fingerprint density at radius 3 is 2.86 bits per heavy atom. The molecule has 1 aromatic heterocycles. The van der Waals surface area contributed by atoms with Gasteiger partial charge in [-0.2, -0.15) is 0 Å². The number of amides is 1. The monoisotopic (exact) mass is 290 g/mol. The molecule has 2 heterocycles. The summed E-state index contributed by atoms with van der Waals surface area (Å²) in [7, 11) is 0. The third-order valence-electron chi connectivity index (χ3n) is 4.23. The SMILES string of the molecule is Cc1[nH]c2ccc(F)cc2c1CC(=O)N1CCC(O)CC1. The van der Waals surface area contributed by atoms with Crippen LogP contribution in [0.1, 0.15) is 24.1 Å². The average Bonchev–Trinajstić information content (AvgIpc) is 2.76. The molecule has 0 aliphatic carbocycles. The fourth-order valence-corrected chi connectivity index (χ4v) is 2.96. The number of fused-ring (bicyclic) bond motifs is 1. The molecule has 0 radical (unpaired) electrons. The van der Waals surface area contributed by atoms with Crippen LogP contribution in [0.25, 0.3) is 10.9 Å². The molecule has 1 amide bonds. The molecule has 5 heteroatoms. The van der Waals surface area contributed by atoms with Crippen LogP contribution in [0, 0.1) is 12.7 Å². The standard InChI is InChI=1S/C16H19FN2O2/c1-10-13(14-8-11(17)2-3-15(14)18-10)9-16(21)19-6-4-12(20)5-7-19/h2-3,8,12,18,20H,4-7,9H2,1H3. The molecular formula is C16H19FN2O2. The largest absolute Gasteiger partial charge is 0.393 e. The van der Waals surface area contributed by atoms with Crippen molar-refractivity contribution >= 4 is 16.8 Å². The minimum atomic E-state index is -0.295. The summed E-state index contributed by atoms with van der Waals surface area (Å²) in [5.41, 5.74) is 2.62. The minimum Gasteiger partial charge on any atom is -0.393 e. The van der Waals surface area contributed by atoms with E-state index < -0.39 is 0 Å². The number of hydrogen-bond acceptors (Lipinski definition) is 2. The maximum Gasteiger partial charge on any atom is 0.227 e. The van der Waals surface area contributed by atoms with Gasteiger partial charge in [0.25, 0.3) is 0 Å². The zero-order valence-corrected chi connectivity index (χ0v) is 12.0. The lowest BCUT2D eigenvalue weighted by molar-refractivity contribution is -0.132. The average molecular weight is 290 g/mol. The number of piperidine rings is 1. The fourth-order valence-electron chi connectivity index (χ4n) is 2.96. The molecule has 1 fully saturated rings. The summed E-state index contributed by atoms with van der Waals surface area (Å²) in [5.74, 6) is -0.258. The second kappa shape index (κ2) is 5.48. The Kier molecular flexibility index (Phi) is 3.68. The summed E-state index contributed by atoms with van der Waals surface area (Å²) in [6.45, 7) is 3.09. The fraction of sp³-hybridized carbons (Fsp3) is 0.438. The van der Waals surface area contributed by atoms with E-state index in [0.29, 0.717) is 25.9 Å². The van der Waals surface area contributed by atoms with Crippen molar-refractivity contribution in [2.45, 2.75) is 32.3 Å². The molecule has 0 unspecified atom stereocenters. The summed E-state index contributed by atoms with van der Waals surface area (Å²) >= 11 is 0. The van der Waals surface area contributed by atoms with Gasteiger partial charge in [0.05, 0.1) is 12.5 Å². The van der Waals surface area contributed by atoms with Gasteiger partial charge in [-0.05, 0) is 43.5 Å². The number of benzene rings is 1. The van der Waals surface area contributed by atoms with E-state index in [1.807, 2.05) is 6.92 Å². The number of aryl methyl sites for hydroxylation is 1. The maximum atomic E-state index is 13.4. The van der Waals surface area contributed by atoms with Gasteiger partial charge < -0.3 is 15.0 Å². The van der Waals surface area contributed by atoms with Gasteiger partial charge in [0.2, 0.25) is 5.91 Å². The number of aliphatic hydroxyl groups is 1. The quantitative estimate of drug-likeness (QED) is 0.890. The number of halogens is 1. The van der Waals surface area contributed by atoms with Crippen LogP contribution in [0.5, 0.6) is 0 Å². The molecule has 1 aliphatic heterocycles. The van der Waals surface area contributed by atoms with Crippen LogP contribution in [0.15, 0.2) is 18.2 Å². The van der Waals surface area contributed by atoms with Crippen LogP contribution >= 0.6 is 0 Å². The molecule has 1 aliphatic rings. The first-order chi connectivity index (χ1) is 10.0. The highest BCUT2D eigenvalue weighted by atomic mass is 19.1. The van der Waals surface area contributed by atoms with E-state index in [0.717, 1.165) is 22.2 Å². The Bertz CT molecular complexity index is 672. The Balaban J connectivity index is 1.82. The van der Waals surface area contributed by atoms with E-state index in [9.17, 15) is 14.3 Å². The van der Waals surface area contributed by atoms with Crippen molar-refractivity contribution in [3.05, 3.63) is 35.3 Å². The van der Waals surface area contributed by atoms with E-state index in [2.05, 4.69) is 4.98 Å². The molecule has 4 nitrogen and oxygen atoms in total. The number of aromatic amines is 1. The Labute approximate surface area is 122 Å². The van der Waals surface area contributed by atoms with E-state index in [1.54, 1.807) is 11.0 Å². The Hall–Kier alpha value is -1.88. The lowest BCUT2D eigenvalue weighted by Gasteiger charge is -2.29. The zero-order valence-electron chi connectivity index (χ0n) is 12.0. The molecule has 3 rings (SSSR count). The first kappa shape index (κ1) is 14.1. The number of likely N-dealkylation sites (tertiary alicyclic amines) is 1. The molecule has 0 spiro atoms. The maximum absolute atomic E-state index is 13.4. The van der Waals surface area contributed by atoms with Gasteiger partial charge in [-0.25, -0.2) is 4.39 Å². The molecule has 1 aromatic carbocycles. The van der Waals surface area contributed by atoms with Gasteiger partial charge in [-0.15, -0.1) is 0 Å². The highest BCUT2D eigenvalue weighted by Gasteiger charge is 2.22. The van der Waals surface area contributed by atoms with Crippen LogP contribution < -0.4 is 0 Å². The van der Waals surface area contributed by atoms with Gasteiger partial charge in [-0.1, -0.05) is 0 Å². The second-order valence-electron chi connectivity index (χ2n) is 5.71. The number of carbonyl (C=O) groups is 1. The number of H-pyrrole nitrogens is 1. The normalized spacial score (nSPS) is 16.6. The number of hydrogen-bond donors (Lipinski definition) is 2. The molecule has 21 heavy (non-hydrogen) atoms. The number of aromatic nitrogens is 1. The van der Waals surface area contributed by atoms with Crippen molar-refractivity contribution in [1.29, 1.82) is 0 Å². The predicted octanol–water partition coefficient (Wildman–Crippen LogP) is 2.14. The van der Waals surface area contributed by atoms with Gasteiger partial charge in [0, 0.05) is 29.7 Å². The van der Waals surface area contributed by atoms with Crippen molar-refractivity contribution in [3.8, 4) is 0 Å². The number of carbonyl (C=O) groups excluding carboxylic acids is 1. The minimum absolute atomic E-state index is 0.0372. The molecule has 1 saturated heterocycles. The number of nitrogens with one attached hydrogen (secondary N) is 1. The van der Waals surface area contributed by atoms with Crippen molar-refractivity contribution in [2.24, 2.45) is 0 Å². The Morgan fingerprint density at radius 2 is 2.14 bits per heavy atom. The number of aliphatic hydroxyl groups excluding tert-OH is 1. The molecule has 0 bridgehead atoms. The van der Waals surface area contributed by atoms with Gasteiger partial charge in [-0.3, -0.25) is 4.79 Å². The predicted molar refractivity (Wildman–Crippen MR) is 78.5 cm³/mol. The summed E-state index contributed by atoms with van der Waals surface area (Å²) in [4.78, 5) is 17.4. The van der Waals surface area contributed by atoms with Gasteiger partial charge in [0.1, 0.15) is 5.82 Å². The van der Waals surface area contributed by atoms with Crippen LogP contribution in [-0.2, 0) is 11.2 Å². The number of rotatable bonds is 2. The summed E-state index contributed by atoms with van der Waals surface area (Å²) in [5, 5.41) is 10.3. The number of nitrogens with zero attached hydrogens (tertiary/aromatic N) is 1. The van der Waals surface area contributed by atoms with Crippen molar-refractivity contribution in [3.63, 3.8) is 0 Å². The smallest absolute Gasteiger partial charge is 0.227 e. The first-order valence-electron chi connectivity index (χ1n) is 7.27. The van der Waals surface area contributed by atoms with Crippen molar-refractivity contribution in [1.82, 2.24) is 9.88 Å². The molecule has 112 valence electrons. The van der Waals surface area contributed by atoms with Crippen LogP contribution in [0.4, 0.5) is 4.39 Å². The third-order valence-corrected chi connectivity index (χ3v) is 4.23. The van der Waals surface area contributed by atoms with Crippen LogP contribution in [0.3, 0.4) is 0 Å². The molecule has 2 N–H and O–H groups in total. The Morgan fingerprint density at radius 1 is 1.43 bits per heavy atom. The van der Waals surface area contributed by atoms with Gasteiger partial charge >= 0.3 is 0 Å². The summed E-state index contributed by atoms with van der Waals surface area (Å²) < 4.78 is 13.4. The highest BCUT2D eigenvalue weighted by molar-refractivity contribution is 5.90. The molecule has 0 atom stereocenters. The first-order valence-corrected chi connectivity index (χ1v) is 7.27. The van der Waals surface area contributed by atoms with Crippen LogP contribution in [0.2, 0.25) is 0 Å². The van der Waals surface area contributed by atoms with Crippen molar-refractivity contribution < 1.29 is 14.3 Å². The lowest BCUT2D eigenvalue weighted by atomic mass is 10.0. The topological polar surface area (TPSA) is 56.3 Å². The van der Waals surface area contributed by atoms with E-state index in [-0.39, 0.29) is 24.2 Å². The van der Waals surface area contributed by atoms with Crippen molar-refractivity contribution in [2.75, 3.05) is 13.1 Å². The summed E-state index contributed by atoms with van der Waals surface area (Å²) in [6.07, 6.45) is 1.24.